The van der Waals surface area contributed by atoms with Crippen LogP contribution < -0.4 is 16.0 Å². The van der Waals surface area contributed by atoms with E-state index < -0.39 is 0 Å². The third-order valence-corrected chi connectivity index (χ3v) is 5.31. The zero-order chi connectivity index (χ0) is 18.5. The van der Waals surface area contributed by atoms with Crippen LogP contribution in [0.25, 0.3) is 11.1 Å². The Bertz CT molecular complexity index is 768. The van der Waals surface area contributed by atoms with Crippen LogP contribution in [0.15, 0.2) is 54.6 Å². The highest BCUT2D eigenvalue weighted by atomic mass is 16.2. The SMILES string of the molecule is C[C@@H](C(=O)Nc1ccccc1-c1ccccc1)[NH+]1CCC(C(N)=O)CC1. The average Bonchev–Trinajstić information content (AvgIpc) is 2.68. The number of para-hydroxylation sites is 1. The molecule has 1 heterocycles. The van der Waals surface area contributed by atoms with Gasteiger partial charge in [-0.2, -0.15) is 0 Å². The summed E-state index contributed by atoms with van der Waals surface area (Å²) in [5.74, 6) is -0.272. The Kier molecular flexibility index (Phi) is 5.68. The number of quaternary nitrogens is 1. The summed E-state index contributed by atoms with van der Waals surface area (Å²) >= 11 is 0. The number of carbonyl (C=O) groups excluding carboxylic acids is 2. The lowest BCUT2D eigenvalue weighted by atomic mass is 9.95. The van der Waals surface area contributed by atoms with E-state index in [0.29, 0.717) is 0 Å². The number of carbonyl (C=O) groups is 2. The third-order valence-electron chi connectivity index (χ3n) is 5.31. The maximum Gasteiger partial charge on any atom is 0.282 e. The van der Waals surface area contributed by atoms with Crippen molar-refractivity contribution in [2.45, 2.75) is 25.8 Å². The largest absolute Gasteiger partial charge is 0.369 e. The predicted octanol–water partition coefficient (Wildman–Crippen LogP) is 1.46. The van der Waals surface area contributed by atoms with Crippen LogP contribution in [-0.4, -0.2) is 30.9 Å². The van der Waals surface area contributed by atoms with Crippen molar-refractivity contribution >= 4 is 17.5 Å². The van der Waals surface area contributed by atoms with Crippen molar-refractivity contribution < 1.29 is 14.5 Å². The number of anilines is 1. The minimum absolute atomic E-state index is 0.000839. The highest BCUT2D eigenvalue weighted by Crippen LogP contribution is 2.27. The lowest BCUT2D eigenvalue weighted by Gasteiger charge is -2.31. The maximum atomic E-state index is 12.8. The van der Waals surface area contributed by atoms with Crippen LogP contribution in [0.5, 0.6) is 0 Å². The van der Waals surface area contributed by atoms with Gasteiger partial charge in [0.25, 0.3) is 5.91 Å². The fraction of sp³-hybridized carbons (Fsp3) is 0.333. The highest BCUT2D eigenvalue weighted by molar-refractivity contribution is 5.97. The fourth-order valence-electron chi connectivity index (χ4n) is 3.59. The molecule has 3 rings (SSSR count). The third kappa shape index (κ3) is 4.11. The minimum atomic E-state index is -0.224. The lowest BCUT2D eigenvalue weighted by molar-refractivity contribution is -0.919. The molecule has 1 aliphatic rings. The molecule has 1 fully saturated rings. The van der Waals surface area contributed by atoms with E-state index in [9.17, 15) is 9.59 Å². The van der Waals surface area contributed by atoms with E-state index in [1.165, 1.54) is 4.90 Å². The Labute approximate surface area is 154 Å². The molecule has 26 heavy (non-hydrogen) atoms. The van der Waals surface area contributed by atoms with E-state index in [4.69, 9.17) is 5.73 Å². The van der Waals surface area contributed by atoms with E-state index in [2.05, 4.69) is 5.32 Å². The minimum Gasteiger partial charge on any atom is -0.369 e. The number of piperidine rings is 1. The molecule has 1 aliphatic heterocycles. The Balaban J connectivity index is 1.68. The van der Waals surface area contributed by atoms with Crippen molar-refractivity contribution in [3.8, 4) is 11.1 Å². The van der Waals surface area contributed by atoms with E-state index >= 15 is 0 Å². The van der Waals surface area contributed by atoms with Gasteiger partial charge in [-0.3, -0.25) is 9.59 Å². The van der Waals surface area contributed by atoms with Crippen LogP contribution in [0.4, 0.5) is 5.69 Å². The molecular weight excluding hydrogens is 326 g/mol. The molecular formula is C21H26N3O2+. The first kappa shape index (κ1) is 18.1. The molecule has 5 nitrogen and oxygen atoms in total. The summed E-state index contributed by atoms with van der Waals surface area (Å²) in [5, 5.41) is 3.09. The zero-order valence-electron chi connectivity index (χ0n) is 15.1. The number of benzene rings is 2. The number of nitrogens with one attached hydrogen (secondary N) is 2. The second-order valence-electron chi connectivity index (χ2n) is 6.96. The molecule has 2 aromatic carbocycles. The van der Waals surface area contributed by atoms with Crippen molar-refractivity contribution in [3.63, 3.8) is 0 Å². The van der Waals surface area contributed by atoms with Gasteiger partial charge in [0.05, 0.1) is 13.1 Å². The number of likely N-dealkylation sites (tertiary alicyclic amines) is 1. The summed E-state index contributed by atoms with van der Waals surface area (Å²) < 4.78 is 0. The number of hydrogen-bond acceptors (Lipinski definition) is 2. The summed E-state index contributed by atoms with van der Waals surface area (Å²) in [7, 11) is 0. The Morgan fingerprint density at radius 2 is 1.65 bits per heavy atom. The molecule has 2 amide bonds. The standard InChI is InChI=1S/C21H25N3O2/c1-15(24-13-11-17(12-14-24)20(22)25)21(26)23-19-10-6-5-9-18(19)16-7-3-2-4-8-16/h2-10,15,17H,11-14H2,1H3,(H2,22,25)(H,23,26)/p+1/t15-/m0/s1. The average molecular weight is 352 g/mol. The molecule has 0 aliphatic carbocycles. The van der Waals surface area contributed by atoms with E-state index in [0.717, 1.165) is 42.7 Å². The topological polar surface area (TPSA) is 76.6 Å². The molecule has 4 N–H and O–H groups in total. The van der Waals surface area contributed by atoms with Gasteiger partial charge >= 0.3 is 0 Å². The summed E-state index contributed by atoms with van der Waals surface area (Å²) in [4.78, 5) is 25.3. The van der Waals surface area contributed by atoms with E-state index in [1.54, 1.807) is 0 Å². The van der Waals surface area contributed by atoms with Crippen molar-refractivity contribution in [2.75, 3.05) is 18.4 Å². The van der Waals surface area contributed by atoms with Gasteiger partial charge in [0, 0.05) is 30.0 Å². The Morgan fingerprint density at radius 3 is 2.31 bits per heavy atom. The normalized spacial score (nSPS) is 21.0. The Morgan fingerprint density at radius 1 is 1.04 bits per heavy atom. The van der Waals surface area contributed by atoms with Gasteiger partial charge in [-0.05, 0) is 18.6 Å². The second kappa shape index (κ2) is 8.15. The molecule has 0 saturated carbocycles. The van der Waals surface area contributed by atoms with Crippen LogP contribution in [0.2, 0.25) is 0 Å². The highest BCUT2D eigenvalue weighted by Gasteiger charge is 2.32. The van der Waals surface area contributed by atoms with Gasteiger partial charge in [0.2, 0.25) is 5.91 Å². The quantitative estimate of drug-likeness (QED) is 0.762. The van der Waals surface area contributed by atoms with Gasteiger partial charge in [-0.25, -0.2) is 0 Å². The molecule has 0 bridgehead atoms. The van der Waals surface area contributed by atoms with Gasteiger partial charge < -0.3 is 16.0 Å². The molecule has 0 unspecified atom stereocenters. The molecule has 0 spiro atoms. The zero-order valence-corrected chi connectivity index (χ0v) is 15.1. The summed E-state index contributed by atoms with van der Waals surface area (Å²) in [6.07, 6.45) is 1.51. The van der Waals surface area contributed by atoms with Crippen LogP contribution in [0.3, 0.4) is 0 Å². The summed E-state index contributed by atoms with van der Waals surface area (Å²) in [6, 6.07) is 17.7. The van der Waals surface area contributed by atoms with Gasteiger partial charge in [-0.1, -0.05) is 48.5 Å². The number of hydrogen-bond donors (Lipinski definition) is 3. The number of nitrogens with two attached hydrogens (primary N) is 1. The van der Waals surface area contributed by atoms with Crippen molar-refractivity contribution in [1.82, 2.24) is 0 Å². The first-order valence-electron chi connectivity index (χ1n) is 9.15. The number of primary amides is 1. The van der Waals surface area contributed by atoms with Crippen LogP contribution in [0.1, 0.15) is 19.8 Å². The van der Waals surface area contributed by atoms with Crippen molar-refractivity contribution in [2.24, 2.45) is 11.7 Å². The first-order chi connectivity index (χ1) is 12.6. The number of amides is 2. The molecule has 2 aromatic rings. The molecule has 0 aromatic heterocycles. The molecule has 1 atom stereocenters. The van der Waals surface area contributed by atoms with E-state index in [-0.39, 0.29) is 23.8 Å². The number of rotatable bonds is 5. The van der Waals surface area contributed by atoms with Crippen LogP contribution in [-0.2, 0) is 9.59 Å². The van der Waals surface area contributed by atoms with Gasteiger partial charge in [-0.15, -0.1) is 0 Å². The molecule has 136 valence electrons. The second-order valence-corrected chi connectivity index (χ2v) is 6.96. The molecule has 5 heteroatoms. The lowest BCUT2D eigenvalue weighted by Crippen LogP contribution is -3.17. The predicted molar refractivity (Wildman–Crippen MR) is 103 cm³/mol. The molecule has 0 radical (unpaired) electrons. The first-order valence-corrected chi connectivity index (χ1v) is 9.15. The Hall–Kier alpha value is -2.66. The summed E-state index contributed by atoms with van der Waals surface area (Å²) in [5.41, 5.74) is 8.30. The van der Waals surface area contributed by atoms with Gasteiger partial charge in [0.1, 0.15) is 0 Å². The fourth-order valence-corrected chi connectivity index (χ4v) is 3.59. The van der Waals surface area contributed by atoms with Crippen molar-refractivity contribution in [3.05, 3.63) is 54.6 Å². The maximum absolute atomic E-state index is 12.8. The van der Waals surface area contributed by atoms with Crippen LogP contribution >= 0.6 is 0 Å². The smallest absolute Gasteiger partial charge is 0.282 e. The van der Waals surface area contributed by atoms with Crippen LogP contribution in [0, 0.1) is 5.92 Å². The molecule has 1 saturated heterocycles. The monoisotopic (exact) mass is 352 g/mol. The van der Waals surface area contributed by atoms with Crippen molar-refractivity contribution in [1.29, 1.82) is 0 Å². The van der Waals surface area contributed by atoms with E-state index in [1.807, 2.05) is 61.5 Å². The summed E-state index contributed by atoms with van der Waals surface area (Å²) in [6.45, 7) is 3.53. The van der Waals surface area contributed by atoms with Gasteiger partial charge in [0.15, 0.2) is 6.04 Å².